The number of aliphatic hydroxyl groups is 9. The van der Waals surface area contributed by atoms with Crippen molar-refractivity contribution in [1.82, 2.24) is 0 Å². The van der Waals surface area contributed by atoms with Gasteiger partial charge in [-0.05, 0) is 65.7 Å². The molecule has 0 aliphatic carbocycles. The van der Waals surface area contributed by atoms with Gasteiger partial charge in [-0.15, -0.1) is 0 Å². The summed E-state index contributed by atoms with van der Waals surface area (Å²) >= 11 is 0. The Hall–Kier alpha value is -7.41. The van der Waals surface area contributed by atoms with E-state index in [1.54, 1.807) is 0 Å². The number of phenolic OH excluding ortho intramolecular Hbond substituents is 7. The van der Waals surface area contributed by atoms with E-state index in [0.717, 1.165) is 54.6 Å². The maximum absolute atomic E-state index is 13.0. The monoisotopic (exact) mass is 1080 g/mol. The summed E-state index contributed by atoms with van der Waals surface area (Å²) in [6, 6.07) is 14.0. The summed E-state index contributed by atoms with van der Waals surface area (Å²) in [6.07, 6.45) is -24.5. The highest BCUT2D eigenvalue weighted by molar-refractivity contribution is 5.89. The number of aromatic hydroxyl groups is 7. The molecule has 1 aromatic heterocycles. The molecular formula is C51H53O26+. The minimum atomic E-state index is -2.17. The Morgan fingerprint density at radius 2 is 1.04 bits per heavy atom. The third-order valence-electron chi connectivity index (χ3n) is 12.7. The van der Waals surface area contributed by atoms with Crippen molar-refractivity contribution in [3.63, 3.8) is 0 Å². The van der Waals surface area contributed by atoms with E-state index >= 15 is 0 Å². The molecule has 26 heteroatoms. The Morgan fingerprint density at radius 1 is 0.532 bits per heavy atom. The maximum Gasteiger partial charge on any atom is 0.368 e. The molecule has 16 N–H and O–H groups in total. The molecule has 5 aromatic rings. The molecule has 15 atom stereocenters. The van der Waals surface area contributed by atoms with E-state index < -0.39 is 164 Å². The molecule has 0 amide bonds. The van der Waals surface area contributed by atoms with Gasteiger partial charge in [-0.1, -0.05) is 12.1 Å². The van der Waals surface area contributed by atoms with Gasteiger partial charge in [0, 0.05) is 24.3 Å². The van der Waals surface area contributed by atoms with Crippen molar-refractivity contribution in [1.29, 1.82) is 0 Å². The van der Waals surface area contributed by atoms with Crippen LogP contribution in [0.15, 0.2) is 89.4 Å². The van der Waals surface area contributed by atoms with Crippen LogP contribution in [0.4, 0.5) is 0 Å². The molecule has 4 heterocycles. The van der Waals surface area contributed by atoms with Crippen LogP contribution in [0.25, 0.3) is 34.4 Å². The molecule has 3 aliphatic rings. The van der Waals surface area contributed by atoms with Crippen molar-refractivity contribution < 1.29 is 129 Å². The van der Waals surface area contributed by atoms with Gasteiger partial charge in [0.05, 0.1) is 23.8 Å². The fourth-order valence-electron chi connectivity index (χ4n) is 8.54. The lowest BCUT2D eigenvalue weighted by atomic mass is 9.88. The van der Waals surface area contributed by atoms with E-state index in [9.17, 15) is 91.3 Å². The van der Waals surface area contributed by atoms with Crippen LogP contribution in [0.1, 0.15) is 22.8 Å². The molecule has 0 unspecified atom stereocenters. The number of hydrogen-bond acceptors (Lipinski definition) is 25. The molecule has 0 radical (unpaired) electrons. The number of benzene rings is 4. The molecule has 77 heavy (non-hydrogen) atoms. The molecule has 3 aliphatic heterocycles. The number of phenols is 7. The molecule has 3 fully saturated rings. The Balaban J connectivity index is 1.17. The van der Waals surface area contributed by atoms with Gasteiger partial charge in [-0.25, -0.2) is 14.0 Å². The standard InChI is InChI=1S/C51H52O26/c52-17-34-39(62)42(65)45(68)50(75-34)74-33-15-23(53)14-32-24(33)16-25(47(72-32)22-5-8-28(56)31(59)13-22)48-49(44(67)41(64)35(73-48)18-70-37(60)9-3-20-1-6-26(54)29(57)11-20)77-51-46(69)43(66)40(63)36(76-51)19-71-38(61)10-4-21-2-7-27(55)30(58)12-21/h1-16,34-36,39-46,48-52,62-69H,17-19H2,(H6-,53,54,55,56,57,58,59,60,61)/p+1/t34-,35-,36-,39-,40-,41-,42+,43+,44+,45-,46-,48+,49-,50-,51+/m1/s1. The van der Waals surface area contributed by atoms with Crippen LogP contribution in [0.2, 0.25) is 0 Å². The van der Waals surface area contributed by atoms with Crippen molar-refractivity contribution in [3.05, 3.63) is 102 Å². The number of rotatable bonds is 15. The number of fused-ring (bicyclic) bond motifs is 1. The lowest BCUT2D eigenvalue weighted by Gasteiger charge is -2.46. The minimum absolute atomic E-state index is 0.0565. The van der Waals surface area contributed by atoms with Crippen LogP contribution in [0, 0.1) is 0 Å². The Labute approximate surface area is 433 Å². The number of carbonyl (C=O) groups is 2. The van der Waals surface area contributed by atoms with E-state index in [0.29, 0.717) is 0 Å². The minimum Gasteiger partial charge on any atom is -0.507 e. The second-order valence-corrected chi connectivity index (χ2v) is 18.0. The lowest BCUT2D eigenvalue weighted by molar-refractivity contribution is -0.342. The van der Waals surface area contributed by atoms with E-state index in [4.69, 9.17) is 37.6 Å². The highest BCUT2D eigenvalue weighted by Crippen LogP contribution is 2.46. The van der Waals surface area contributed by atoms with Gasteiger partial charge in [0.25, 0.3) is 0 Å². The molecule has 3 saturated heterocycles. The Morgan fingerprint density at radius 3 is 1.60 bits per heavy atom. The van der Waals surface area contributed by atoms with E-state index in [1.807, 2.05) is 0 Å². The number of aliphatic hydroxyl groups excluding tert-OH is 9. The maximum atomic E-state index is 13.0. The molecule has 26 nitrogen and oxygen atoms in total. The lowest BCUT2D eigenvalue weighted by Crippen LogP contribution is -2.63. The van der Waals surface area contributed by atoms with Crippen LogP contribution < -0.4 is 4.74 Å². The molecule has 4 aromatic carbocycles. The summed E-state index contributed by atoms with van der Waals surface area (Å²) in [5.74, 6) is -6.36. The van der Waals surface area contributed by atoms with Crippen LogP contribution in [-0.2, 0) is 38.0 Å². The van der Waals surface area contributed by atoms with Crippen molar-refractivity contribution >= 4 is 35.1 Å². The number of hydrogen-bond donors (Lipinski definition) is 16. The van der Waals surface area contributed by atoms with Crippen molar-refractivity contribution in [2.75, 3.05) is 19.8 Å². The van der Waals surface area contributed by atoms with E-state index in [-0.39, 0.29) is 44.7 Å². The molecule has 412 valence electrons. The van der Waals surface area contributed by atoms with Gasteiger partial charge < -0.3 is 115 Å². The number of esters is 2. The molecule has 0 spiro atoms. The van der Waals surface area contributed by atoms with Gasteiger partial charge >= 0.3 is 23.3 Å². The fraction of sp³-hybridized carbons (Fsp3) is 0.353. The first-order chi connectivity index (χ1) is 36.6. The van der Waals surface area contributed by atoms with Crippen molar-refractivity contribution in [2.45, 2.75) is 91.9 Å². The van der Waals surface area contributed by atoms with Gasteiger partial charge in [-0.3, -0.25) is 0 Å². The Bertz CT molecular complexity index is 3000. The normalized spacial score (nSPS) is 29.6. The zero-order valence-corrected chi connectivity index (χ0v) is 39.8. The predicted octanol–water partition coefficient (Wildman–Crippen LogP) is -0.634. The number of carbonyl (C=O) groups excluding carboxylic acids is 2. The third-order valence-corrected chi connectivity index (χ3v) is 12.7. The quantitative estimate of drug-likeness (QED) is 0.0268. The topological polar surface area (TPSA) is 434 Å². The number of ether oxygens (including phenoxy) is 7. The summed E-state index contributed by atoms with van der Waals surface area (Å²) < 4.78 is 46.8. The summed E-state index contributed by atoms with van der Waals surface area (Å²) in [5.41, 5.74) is -0.00340. The average molecular weight is 1080 g/mol. The van der Waals surface area contributed by atoms with Gasteiger partial charge in [0.15, 0.2) is 40.8 Å². The van der Waals surface area contributed by atoms with Gasteiger partial charge in [0.2, 0.25) is 6.29 Å². The van der Waals surface area contributed by atoms with E-state index in [2.05, 4.69) is 0 Å². The smallest absolute Gasteiger partial charge is 0.368 e. The summed E-state index contributed by atoms with van der Waals surface area (Å²) in [6.45, 7) is -2.47. The summed E-state index contributed by atoms with van der Waals surface area (Å²) in [7, 11) is 0. The van der Waals surface area contributed by atoms with Crippen molar-refractivity contribution in [3.8, 4) is 57.3 Å². The molecular weight excluding hydrogens is 1030 g/mol. The van der Waals surface area contributed by atoms with E-state index in [1.165, 1.54) is 42.5 Å². The van der Waals surface area contributed by atoms with Crippen LogP contribution >= 0.6 is 0 Å². The Kier molecular flexibility index (Phi) is 17.0. The second-order valence-electron chi connectivity index (χ2n) is 18.0. The predicted molar refractivity (Wildman–Crippen MR) is 256 cm³/mol. The van der Waals surface area contributed by atoms with Gasteiger partial charge in [0.1, 0.15) is 109 Å². The first-order valence-electron chi connectivity index (χ1n) is 23.4. The fourth-order valence-corrected chi connectivity index (χ4v) is 8.54. The third kappa shape index (κ3) is 12.2. The SMILES string of the molecule is O=C(C=Cc1ccc(O)c(O)c1)OC[C@H]1O[C@@H](O[C@@H]2[C@@H](O)[C@H](O)[C@@H](COC(=O)C=Cc3ccc(O)c(O)c3)O[C@H]2c2cc3c(O[C@@H]4O[C@H](CO)[C@@H](O)[C@H](O)[C@H]4O)cc(O)cc3[o+]c2-c2ccc(O)c(O)c2)[C@H](O)[C@@H](O)[C@@H]1O. The molecule has 0 bridgehead atoms. The molecule has 8 rings (SSSR count). The molecule has 0 saturated carbocycles. The first-order valence-corrected chi connectivity index (χ1v) is 23.4. The summed E-state index contributed by atoms with van der Waals surface area (Å²) in [5, 5.41) is 169. The highest BCUT2D eigenvalue weighted by Gasteiger charge is 2.53. The van der Waals surface area contributed by atoms with Crippen LogP contribution in [0.5, 0.6) is 46.0 Å². The van der Waals surface area contributed by atoms with Crippen molar-refractivity contribution in [2.24, 2.45) is 0 Å². The van der Waals surface area contributed by atoms with Crippen LogP contribution in [0.3, 0.4) is 0 Å². The largest absolute Gasteiger partial charge is 0.507 e. The summed E-state index contributed by atoms with van der Waals surface area (Å²) in [4.78, 5) is 25.8. The second kappa shape index (κ2) is 23.5. The average Bonchev–Trinajstić information content (AvgIpc) is 3.41. The zero-order chi connectivity index (χ0) is 55.6. The van der Waals surface area contributed by atoms with Gasteiger partial charge in [-0.2, -0.15) is 0 Å². The van der Waals surface area contributed by atoms with Crippen LogP contribution in [-0.4, -0.2) is 199 Å². The highest BCUT2D eigenvalue weighted by atomic mass is 16.7. The first kappa shape index (κ1) is 55.8. The zero-order valence-electron chi connectivity index (χ0n) is 39.8.